The number of amides is 2. The lowest BCUT2D eigenvalue weighted by Gasteiger charge is -2.15. The fraction of sp³-hybridized carbons (Fsp3) is 0.182. The first-order chi connectivity index (χ1) is 14.5. The number of rotatable bonds is 7. The third kappa shape index (κ3) is 4.38. The van der Waals surface area contributed by atoms with Crippen LogP contribution in [0.1, 0.15) is 26.5 Å². The van der Waals surface area contributed by atoms with Crippen molar-refractivity contribution < 1.29 is 28.2 Å². The molecule has 1 aromatic heterocycles. The van der Waals surface area contributed by atoms with Crippen LogP contribution in [0, 0.1) is 6.92 Å². The van der Waals surface area contributed by atoms with Crippen molar-refractivity contribution in [1.29, 1.82) is 0 Å². The Kier molecular flexibility index (Phi) is 6.26. The average molecular weight is 410 g/mol. The Morgan fingerprint density at radius 1 is 0.867 bits per heavy atom. The van der Waals surface area contributed by atoms with Gasteiger partial charge in [-0.25, -0.2) is 0 Å². The number of anilines is 2. The second kappa shape index (κ2) is 9.04. The van der Waals surface area contributed by atoms with Crippen LogP contribution in [0.3, 0.4) is 0 Å². The number of carbonyl (C=O) groups is 2. The normalized spacial score (nSPS) is 10.3. The summed E-state index contributed by atoms with van der Waals surface area (Å²) in [4.78, 5) is 25.0. The van der Waals surface area contributed by atoms with Crippen LogP contribution in [0.15, 0.2) is 53.1 Å². The number of hydrogen-bond acceptors (Lipinski definition) is 6. The molecule has 2 N–H and O–H groups in total. The summed E-state index contributed by atoms with van der Waals surface area (Å²) in [5.41, 5.74) is 2.15. The number of aryl methyl sites for hydroxylation is 1. The fourth-order valence-electron chi connectivity index (χ4n) is 2.85. The van der Waals surface area contributed by atoms with Crippen LogP contribution in [0.5, 0.6) is 17.2 Å². The molecule has 0 saturated heterocycles. The lowest BCUT2D eigenvalue weighted by atomic mass is 10.1. The van der Waals surface area contributed by atoms with E-state index in [0.29, 0.717) is 34.2 Å². The van der Waals surface area contributed by atoms with E-state index < -0.39 is 5.91 Å². The summed E-state index contributed by atoms with van der Waals surface area (Å²) in [6, 6.07) is 11.5. The van der Waals surface area contributed by atoms with Gasteiger partial charge in [-0.3, -0.25) is 9.59 Å². The fourth-order valence-corrected chi connectivity index (χ4v) is 2.85. The molecule has 0 bridgehead atoms. The van der Waals surface area contributed by atoms with Crippen LogP contribution in [0.2, 0.25) is 0 Å². The zero-order valence-corrected chi connectivity index (χ0v) is 17.1. The number of hydrogen-bond donors (Lipinski definition) is 2. The predicted octanol–water partition coefficient (Wildman–Crippen LogP) is 4.12. The lowest BCUT2D eigenvalue weighted by molar-refractivity contribution is 0.0993. The van der Waals surface area contributed by atoms with E-state index in [2.05, 4.69) is 10.6 Å². The highest BCUT2D eigenvalue weighted by molar-refractivity contribution is 6.07. The van der Waals surface area contributed by atoms with Gasteiger partial charge in [-0.1, -0.05) is 6.07 Å². The minimum absolute atomic E-state index is 0.182. The number of benzene rings is 2. The number of furan rings is 1. The molecule has 0 spiro atoms. The molecule has 1 heterocycles. The van der Waals surface area contributed by atoms with Crippen molar-refractivity contribution in [3.8, 4) is 17.2 Å². The molecular formula is C22H22N2O6. The summed E-state index contributed by atoms with van der Waals surface area (Å²) < 4.78 is 21.0. The van der Waals surface area contributed by atoms with E-state index in [1.807, 2.05) is 6.92 Å². The van der Waals surface area contributed by atoms with Gasteiger partial charge < -0.3 is 29.3 Å². The first-order valence-electron chi connectivity index (χ1n) is 9.03. The number of carbonyl (C=O) groups excluding carboxylic acids is 2. The molecule has 30 heavy (non-hydrogen) atoms. The average Bonchev–Trinajstić information content (AvgIpc) is 3.29. The molecule has 0 atom stereocenters. The maximum Gasteiger partial charge on any atom is 0.291 e. The second-order valence-electron chi connectivity index (χ2n) is 6.33. The van der Waals surface area contributed by atoms with Crippen molar-refractivity contribution >= 4 is 23.2 Å². The number of nitrogens with one attached hydrogen (secondary N) is 2. The highest BCUT2D eigenvalue weighted by Gasteiger charge is 2.16. The smallest absolute Gasteiger partial charge is 0.291 e. The second-order valence-corrected chi connectivity index (χ2v) is 6.33. The maximum absolute atomic E-state index is 12.8. The minimum atomic E-state index is -0.398. The maximum atomic E-state index is 12.8. The quantitative estimate of drug-likeness (QED) is 0.608. The Bertz CT molecular complexity index is 1030. The van der Waals surface area contributed by atoms with Crippen molar-refractivity contribution in [2.75, 3.05) is 32.0 Å². The van der Waals surface area contributed by atoms with Gasteiger partial charge in [-0.2, -0.15) is 0 Å². The SMILES string of the molecule is COc1cc(NC(=O)c2ccc(C)c(NC(=O)c3ccco3)c2)cc(OC)c1OC. The summed E-state index contributed by atoms with van der Waals surface area (Å²) in [7, 11) is 4.50. The molecule has 156 valence electrons. The van der Waals surface area contributed by atoms with Crippen LogP contribution < -0.4 is 24.8 Å². The molecule has 0 aliphatic rings. The topological polar surface area (TPSA) is 99.0 Å². The molecule has 0 unspecified atom stereocenters. The van der Waals surface area contributed by atoms with Crippen molar-refractivity contribution in [3.05, 3.63) is 65.6 Å². The Morgan fingerprint density at radius 3 is 2.13 bits per heavy atom. The van der Waals surface area contributed by atoms with E-state index in [1.165, 1.54) is 27.6 Å². The standard InChI is InChI=1S/C22H22N2O6/c1-13-7-8-14(10-16(13)24-22(26)17-6-5-9-30-17)21(25)23-15-11-18(27-2)20(29-4)19(12-15)28-3/h5-12H,1-4H3,(H,23,25)(H,24,26). The summed E-state index contributed by atoms with van der Waals surface area (Å²) in [5.74, 6) is 0.686. The Balaban J connectivity index is 1.83. The van der Waals surface area contributed by atoms with E-state index in [-0.39, 0.29) is 11.7 Å². The molecule has 2 aromatic carbocycles. The summed E-state index contributed by atoms with van der Waals surface area (Å²) >= 11 is 0. The van der Waals surface area contributed by atoms with E-state index >= 15 is 0 Å². The number of ether oxygens (including phenoxy) is 3. The van der Waals surface area contributed by atoms with Crippen molar-refractivity contribution in [2.24, 2.45) is 0 Å². The Labute approximate surface area is 173 Å². The Hall–Kier alpha value is -3.94. The summed E-state index contributed by atoms with van der Waals surface area (Å²) in [6.07, 6.45) is 1.42. The van der Waals surface area contributed by atoms with E-state index in [1.54, 1.807) is 42.5 Å². The zero-order valence-electron chi connectivity index (χ0n) is 17.1. The molecule has 2 amide bonds. The zero-order chi connectivity index (χ0) is 21.7. The summed E-state index contributed by atoms with van der Waals surface area (Å²) in [5, 5.41) is 5.55. The van der Waals surface area contributed by atoms with E-state index in [0.717, 1.165) is 5.56 Å². The first-order valence-corrected chi connectivity index (χ1v) is 9.03. The molecule has 0 aliphatic heterocycles. The van der Waals surface area contributed by atoms with Crippen LogP contribution >= 0.6 is 0 Å². The largest absolute Gasteiger partial charge is 0.493 e. The van der Waals surface area contributed by atoms with Gasteiger partial charge in [0.25, 0.3) is 11.8 Å². The third-order valence-electron chi connectivity index (χ3n) is 4.42. The van der Waals surface area contributed by atoms with Gasteiger partial charge in [-0.05, 0) is 36.8 Å². The first kappa shape index (κ1) is 20.8. The van der Waals surface area contributed by atoms with Gasteiger partial charge in [0.05, 0.1) is 27.6 Å². The molecule has 3 rings (SSSR count). The molecule has 0 saturated carbocycles. The predicted molar refractivity (Wildman–Crippen MR) is 112 cm³/mol. The monoisotopic (exact) mass is 410 g/mol. The molecular weight excluding hydrogens is 388 g/mol. The van der Waals surface area contributed by atoms with Gasteiger partial charge in [0.1, 0.15) is 0 Å². The number of methoxy groups -OCH3 is 3. The lowest BCUT2D eigenvalue weighted by Crippen LogP contribution is -2.15. The molecule has 3 aromatic rings. The molecule has 0 aliphatic carbocycles. The van der Waals surface area contributed by atoms with E-state index in [4.69, 9.17) is 18.6 Å². The van der Waals surface area contributed by atoms with Crippen molar-refractivity contribution in [2.45, 2.75) is 6.92 Å². The van der Waals surface area contributed by atoms with Crippen molar-refractivity contribution in [1.82, 2.24) is 0 Å². The highest BCUT2D eigenvalue weighted by atomic mass is 16.5. The van der Waals surface area contributed by atoms with Crippen LogP contribution in [0.25, 0.3) is 0 Å². The third-order valence-corrected chi connectivity index (χ3v) is 4.42. The summed E-state index contributed by atoms with van der Waals surface area (Å²) in [6.45, 7) is 1.83. The van der Waals surface area contributed by atoms with Crippen LogP contribution in [-0.2, 0) is 0 Å². The molecule has 0 radical (unpaired) electrons. The highest BCUT2D eigenvalue weighted by Crippen LogP contribution is 2.40. The molecule has 8 nitrogen and oxygen atoms in total. The molecule has 0 fully saturated rings. The van der Waals surface area contributed by atoms with Crippen LogP contribution in [0.4, 0.5) is 11.4 Å². The van der Waals surface area contributed by atoms with Gasteiger partial charge in [0.2, 0.25) is 5.75 Å². The van der Waals surface area contributed by atoms with Gasteiger partial charge >= 0.3 is 0 Å². The van der Waals surface area contributed by atoms with Crippen LogP contribution in [-0.4, -0.2) is 33.1 Å². The minimum Gasteiger partial charge on any atom is -0.493 e. The van der Waals surface area contributed by atoms with E-state index in [9.17, 15) is 9.59 Å². The van der Waals surface area contributed by atoms with Gasteiger partial charge in [-0.15, -0.1) is 0 Å². The Morgan fingerprint density at radius 2 is 1.57 bits per heavy atom. The van der Waals surface area contributed by atoms with Gasteiger partial charge in [0, 0.05) is 29.1 Å². The van der Waals surface area contributed by atoms with Gasteiger partial charge in [0.15, 0.2) is 17.3 Å². The van der Waals surface area contributed by atoms with Crippen molar-refractivity contribution in [3.63, 3.8) is 0 Å². The molecule has 8 heteroatoms.